The van der Waals surface area contributed by atoms with Gasteiger partial charge in [0.2, 0.25) is 5.91 Å². The molecule has 0 radical (unpaired) electrons. The number of aromatic nitrogens is 3. The van der Waals surface area contributed by atoms with E-state index in [1.54, 1.807) is 24.3 Å². The number of hydrogen-bond acceptors (Lipinski definition) is 5. The monoisotopic (exact) mass is 416 g/mol. The molecule has 0 atom stereocenters. The van der Waals surface area contributed by atoms with Crippen LogP contribution in [0.1, 0.15) is 18.3 Å². The molecule has 0 fully saturated rings. The first kappa shape index (κ1) is 20.2. The molecule has 0 spiro atoms. The summed E-state index contributed by atoms with van der Waals surface area (Å²) in [6, 6.07) is 14.9. The highest BCUT2D eigenvalue weighted by atomic mass is 35.5. The third kappa shape index (κ3) is 5.50. The van der Waals surface area contributed by atoms with Crippen molar-refractivity contribution in [2.45, 2.75) is 32.2 Å². The smallest absolute Gasteiger partial charge is 0.234 e. The van der Waals surface area contributed by atoms with E-state index in [1.165, 1.54) is 11.8 Å². The molecule has 0 aliphatic heterocycles. The Morgan fingerprint density at radius 2 is 2.04 bits per heavy atom. The van der Waals surface area contributed by atoms with Gasteiger partial charge >= 0.3 is 0 Å². The molecule has 28 heavy (non-hydrogen) atoms. The fraction of sp³-hybridized carbons (Fsp3) is 0.250. The van der Waals surface area contributed by atoms with Crippen molar-refractivity contribution in [3.63, 3.8) is 0 Å². The van der Waals surface area contributed by atoms with Crippen molar-refractivity contribution < 1.29 is 9.53 Å². The molecule has 3 rings (SSSR count). The van der Waals surface area contributed by atoms with Gasteiger partial charge in [0.25, 0.3) is 0 Å². The Labute approximate surface area is 173 Å². The molecular weight excluding hydrogens is 396 g/mol. The van der Waals surface area contributed by atoms with E-state index in [0.29, 0.717) is 29.0 Å². The summed E-state index contributed by atoms with van der Waals surface area (Å²) >= 11 is 7.27. The maximum Gasteiger partial charge on any atom is 0.234 e. The van der Waals surface area contributed by atoms with E-state index in [2.05, 4.69) is 15.5 Å². The van der Waals surface area contributed by atoms with E-state index >= 15 is 0 Å². The number of thioether (sulfide) groups is 1. The maximum atomic E-state index is 12.2. The Kier molecular flexibility index (Phi) is 6.95. The van der Waals surface area contributed by atoms with Crippen LogP contribution in [-0.2, 0) is 17.9 Å². The van der Waals surface area contributed by atoms with E-state index in [9.17, 15) is 4.79 Å². The predicted molar refractivity (Wildman–Crippen MR) is 112 cm³/mol. The summed E-state index contributed by atoms with van der Waals surface area (Å²) in [5, 5.41) is 12.5. The lowest BCUT2D eigenvalue weighted by Crippen LogP contribution is -2.15. The van der Waals surface area contributed by atoms with Gasteiger partial charge in [0.1, 0.15) is 12.4 Å². The van der Waals surface area contributed by atoms with Crippen molar-refractivity contribution >= 4 is 35.0 Å². The number of benzene rings is 2. The number of halogens is 1. The van der Waals surface area contributed by atoms with Crippen LogP contribution in [0.4, 0.5) is 5.69 Å². The molecule has 1 aromatic heterocycles. The number of aryl methyl sites for hydroxylation is 1. The highest BCUT2D eigenvalue weighted by Crippen LogP contribution is 2.20. The van der Waals surface area contributed by atoms with Gasteiger partial charge in [-0.15, -0.1) is 10.2 Å². The lowest BCUT2D eigenvalue weighted by atomic mass is 10.2. The zero-order chi connectivity index (χ0) is 19.9. The first-order valence-electron chi connectivity index (χ1n) is 8.85. The molecule has 3 aromatic rings. The molecule has 2 aromatic carbocycles. The molecule has 6 nitrogen and oxygen atoms in total. The fourth-order valence-corrected chi connectivity index (χ4v) is 3.61. The van der Waals surface area contributed by atoms with Gasteiger partial charge in [-0.2, -0.15) is 0 Å². The molecule has 0 saturated heterocycles. The molecule has 1 heterocycles. The van der Waals surface area contributed by atoms with Crippen LogP contribution >= 0.6 is 23.4 Å². The number of rotatable bonds is 8. The van der Waals surface area contributed by atoms with Crippen molar-refractivity contribution in [1.82, 2.24) is 14.8 Å². The second-order valence-electron chi connectivity index (χ2n) is 6.10. The van der Waals surface area contributed by atoms with Gasteiger partial charge in [0.15, 0.2) is 11.0 Å². The molecular formula is C20H21ClN4O2S. The lowest BCUT2D eigenvalue weighted by molar-refractivity contribution is -0.113. The van der Waals surface area contributed by atoms with Crippen LogP contribution in [0.5, 0.6) is 5.75 Å². The van der Waals surface area contributed by atoms with Crippen molar-refractivity contribution in [1.29, 1.82) is 0 Å². The van der Waals surface area contributed by atoms with Gasteiger partial charge < -0.3 is 14.6 Å². The van der Waals surface area contributed by atoms with Gasteiger partial charge in [0, 0.05) is 17.3 Å². The zero-order valence-corrected chi connectivity index (χ0v) is 17.3. The minimum Gasteiger partial charge on any atom is -0.486 e. The topological polar surface area (TPSA) is 69.0 Å². The number of hydrogen-bond donors (Lipinski definition) is 1. The molecule has 0 saturated carbocycles. The summed E-state index contributed by atoms with van der Waals surface area (Å²) in [5.41, 5.74) is 1.80. The third-order valence-electron chi connectivity index (χ3n) is 3.91. The minimum absolute atomic E-state index is 0.129. The number of nitrogens with zero attached hydrogens (tertiary/aromatic N) is 3. The molecule has 1 N–H and O–H groups in total. The van der Waals surface area contributed by atoms with E-state index in [4.69, 9.17) is 16.3 Å². The van der Waals surface area contributed by atoms with Crippen molar-refractivity contribution in [3.8, 4) is 5.75 Å². The van der Waals surface area contributed by atoms with E-state index in [0.717, 1.165) is 17.1 Å². The number of ether oxygens (including phenoxy) is 1. The van der Waals surface area contributed by atoms with Gasteiger partial charge in [-0.25, -0.2) is 0 Å². The van der Waals surface area contributed by atoms with Crippen molar-refractivity contribution in [2.24, 2.45) is 0 Å². The van der Waals surface area contributed by atoms with Gasteiger partial charge in [-0.3, -0.25) is 4.79 Å². The van der Waals surface area contributed by atoms with Crippen LogP contribution < -0.4 is 10.1 Å². The van der Waals surface area contributed by atoms with Gasteiger partial charge in [-0.05, 0) is 49.7 Å². The largest absolute Gasteiger partial charge is 0.486 e. The Morgan fingerprint density at radius 3 is 2.79 bits per heavy atom. The molecule has 1 amide bonds. The van der Waals surface area contributed by atoms with Crippen LogP contribution in [-0.4, -0.2) is 26.4 Å². The van der Waals surface area contributed by atoms with E-state index < -0.39 is 0 Å². The average Bonchev–Trinajstić information content (AvgIpc) is 3.06. The summed E-state index contributed by atoms with van der Waals surface area (Å²) in [6.07, 6.45) is 0. The number of anilines is 1. The number of carbonyl (C=O) groups is 1. The summed E-state index contributed by atoms with van der Waals surface area (Å²) in [4.78, 5) is 12.2. The normalized spacial score (nSPS) is 10.7. The maximum absolute atomic E-state index is 12.2. The van der Waals surface area contributed by atoms with Gasteiger partial charge in [-0.1, -0.05) is 41.6 Å². The zero-order valence-electron chi connectivity index (χ0n) is 15.7. The highest BCUT2D eigenvalue weighted by molar-refractivity contribution is 7.99. The Balaban J connectivity index is 1.57. The average molecular weight is 417 g/mol. The highest BCUT2D eigenvalue weighted by Gasteiger charge is 2.14. The summed E-state index contributed by atoms with van der Waals surface area (Å²) in [5.74, 6) is 1.61. The number of amides is 1. The quantitative estimate of drug-likeness (QED) is 0.545. The second kappa shape index (κ2) is 9.61. The summed E-state index contributed by atoms with van der Waals surface area (Å²) in [6.45, 7) is 5.04. The predicted octanol–water partition coefficient (Wildman–Crippen LogP) is 4.57. The summed E-state index contributed by atoms with van der Waals surface area (Å²) in [7, 11) is 0. The molecule has 146 valence electrons. The molecule has 0 unspecified atom stereocenters. The van der Waals surface area contributed by atoms with Gasteiger partial charge in [0.05, 0.1) is 5.75 Å². The first-order valence-corrected chi connectivity index (χ1v) is 10.2. The Morgan fingerprint density at radius 1 is 1.21 bits per heavy atom. The standard InChI is InChI=1S/C20H21ClN4O2S/c1-3-25-18(12-27-17-9-4-6-14(2)10-17)23-24-20(25)28-13-19(26)22-16-8-5-7-15(21)11-16/h4-11H,3,12-13H2,1-2H3,(H,22,26). The first-order chi connectivity index (χ1) is 13.5. The van der Waals surface area contributed by atoms with Crippen molar-refractivity contribution in [3.05, 3.63) is 64.9 Å². The Hall–Kier alpha value is -2.51. The lowest BCUT2D eigenvalue weighted by Gasteiger charge is -2.09. The SMILES string of the molecule is CCn1c(COc2cccc(C)c2)nnc1SCC(=O)Nc1cccc(Cl)c1. The molecule has 0 bridgehead atoms. The number of nitrogens with one attached hydrogen (secondary N) is 1. The summed E-state index contributed by atoms with van der Waals surface area (Å²) < 4.78 is 7.77. The minimum atomic E-state index is -0.129. The third-order valence-corrected chi connectivity index (χ3v) is 5.11. The van der Waals surface area contributed by atoms with E-state index in [1.807, 2.05) is 42.7 Å². The van der Waals surface area contributed by atoms with Crippen molar-refractivity contribution in [2.75, 3.05) is 11.1 Å². The molecule has 0 aliphatic carbocycles. The van der Waals surface area contributed by atoms with Crippen LogP contribution in [0, 0.1) is 6.92 Å². The Bertz CT molecular complexity index is 961. The number of carbonyl (C=O) groups excluding carboxylic acids is 1. The fourth-order valence-electron chi connectivity index (χ4n) is 2.60. The second-order valence-corrected chi connectivity index (χ2v) is 7.47. The van der Waals surface area contributed by atoms with E-state index in [-0.39, 0.29) is 11.7 Å². The van der Waals surface area contributed by atoms with Crippen LogP contribution in [0.2, 0.25) is 5.02 Å². The molecule has 8 heteroatoms. The van der Waals surface area contributed by atoms with Crippen LogP contribution in [0.3, 0.4) is 0 Å². The van der Waals surface area contributed by atoms with Crippen LogP contribution in [0.25, 0.3) is 0 Å². The van der Waals surface area contributed by atoms with Crippen LogP contribution in [0.15, 0.2) is 53.7 Å². The molecule has 0 aliphatic rings.